The van der Waals surface area contributed by atoms with Crippen LogP contribution in [-0.2, 0) is 0 Å². The summed E-state index contributed by atoms with van der Waals surface area (Å²) in [4.78, 5) is -1.74. The molecular formula is C14H11BrF12. The molecule has 0 N–H and O–H groups in total. The van der Waals surface area contributed by atoms with Crippen molar-refractivity contribution < 1.29 is 52.7 Å². The average molecular weight is 487 g/mol. The van der Waals surface area contributed by atoms with Gasteiger partial charge in [0.15, 0.2) is 0 Å². The lowest BCUT2D eigenvalue weighted by atomic mass is 9.78. The fourth-order valence-electron chi connectivity index (χ4n) is 2.63. The van der Waals surface area contributed by atoms with Crippen LogP contribution < -0.4 is 0 Å². The van der Waals surface area contributed by atoms with Crippen molar-refractivity contribution in [2.75, 3.05) is 0 Å². The van der Waals surface area contributed by atoms with Gasteiger partial charge in [-0.1, -0.05) is 35.4 Å². The largest absolute Gasteiger partial charge is 0.457 e. The lowest BCUT2D eigenvalue weighted by Crippen LogP contribution is -2.63. The zero-order valence-electron chi connectivity index (χ0n) is 13.1. The molecule has 27 heavy (non-hydrogen) atoms. The van der Waals surface area contributed by atoms with Crippen LogP contribution in [0.5, 0.6) is 0 Å². The van der Waals surface area contributed by atoms with Gasteiger partial charge in [-0.3, -0.25) is 0 Å². The number of allylic oxidation sites excluding steroid dienone is 4. The van der Waals surface area contributed by atoms with E-state index in [-0.39, 0.29) is 18.9 Å². The first-order chi connectivity index (χ1) is 11.8. The Balaban J connectivity index is 3.75. The van der Waals surface area contributed by atoms with Gasteiger partial charge in [-0.25, -0.2) is 4.39 Å². The summed E-state index contributed by atoms with van der Waals surface area (Å²) < 4.78 is 157. The quantitative estimate of drug-likeness (QED) is 0.294. The lowest BCUT2D eigenvalue weighted by Gasteiger charge is -2.39. The van der Waals surface area contributed by atoms with Crippen molar-refractivity contribution in [3.63, 3.8) is 0 Å². The third-order valence-electron chi connectivity index (χ3n) is 3.94. The summed E-state index contributed by atoms with van der Waals surface area (Å²) in [5.74, 6) is -8.61. The summed E-state index contributed by atoms with van der Waals surface area (Å²) in [5, 5.41) is 0. The van der Waals surface area contributed by atoms with Gasteiger partial charge in [0, 0.05) is 21.9 Å². The van der Waals surface area contributed by atoms with Crippen molar-refractivity contribution in [1.82, 2.24) is 0 Å². The summed E-state index contributed by atoms with van der Waals surface area (Å²) in [6.07, 6.45) is -20.1. The van der Waals surface area contributed by atoms with Crippen LogP contribution in [-0.4, -0.2) is 34.9 Å². The third kappa shape index (κ3) is 4.12. The molecule has 1 rings (SSSR count). The van der Waals surface area contributed by atoms with E-state index in [0.29, 0.717) is 0 Å². The normalized spacial score (nSPS) is 25.0. The van der Waals surface area contributed by atoms with E-state index in [1.54, 1.807) is 0 Å². The van der Waals surface area contributed by atoms with Gasteiger partial charge in [-0.05, 0) is 12.5 Å². The van der Waals surface area contributed by atoms with Gasteiger partial charge in [0.25, 0.3) is 0 Å². The number of rotatable bonds is 4. The van der Waals surface area contributed by atoms with Crippen LogP contribution in [0.4, 0.5) is 52.7 Å². The summed E-state index contributed by atoms with van der Waals surface area (Å²) >= 11 is 2.53. The molecule has 0 aromatic carbocycles. The molecule has 3 atom stereocenters. The molecule has 0 aromatic rings. The highest BCUT2D eigenvalue weighted by atomic mass is 79.9. The maximum absolute atomic E-state index is 14.4. The van der Waals surface area contributed by atoms with Gasteiger partial charge < -0.3 is 0 Å². The molecule has 0 saturated carbocycles. The first kappa shape index (κ1) is 24.2. The Labute approximate surface area is 153 Å². The minimum absolute atomic E-state index is 0.0251. The molecule has 1 aliphatic carbocycles. The van der Waals surface area contributed by atoms with Crippen LogP contribution in [0, 0.1) is 5.92 Å². The first-order valence-corrected chi connectivity index (χ1v) is 8.09. The molecule has 0 fully saturated rings. The van der Waals surface area contributed by atoms with Crippen LogP contribution >= 0.6 is 15.9 Å². The number of hydrogen-bond donors (Lipinski definition) is 0. The predicted octanol–water partition coefficient (Wildman–Crippen LogP) is 7.06. The molecule has 0 heterocycles. The van der Waals surface area contributed by atoms with Crippen LogP contribution in [0.1, 0.15) is 19.8 Å². The maximum atomic E-state index is 14.4. The summed E-state index contributed by atoms with van der Waals surface area (Å²) in [7, 11) is 0. The summed E-state index contributed by atoms with van der Waals surface area (Å²) in [6.45, 7) is 1.42. The molecule has 0 bridgehead atoms. The van der Waals surface area contributed by atoms with Gasteiger partial charge in [-0.2, -0.15) is 48.3 Å². The van der Waals surface area contributed by atoms with Crippen molar-refractivity contribution in [2.45, 2.75) is 54.7 Å². The fourth-order valence-corrected chi connectivity index (χ4v) is 3.47. The first-order valence-electron chi connectivity index (χ1n) is 7.17. The van der Waals surface area contributed by atoms with E-state index < -0.39 is 58.1 Å². The molecule has 0 saturated heterocycles. The van der Waals surface area contributed by atoms with Crippen LogP contribution in [0.2, 0.25) is 0 Å². The summed E-state index contributed by atoms with van der Waals surface area (Å²) in [6, 6.07) is 0. The number of alkyl halides is 13. The molecule has 0 aromatic heterocycles. The summed E-state index contributed by atoms with van der Waals surface area (Å²) in [5.41, 5.74) is -10.7. The highest BCUT2D eigenvalue weighted by molar-refractivity contribution is 9.09. The molecular weight excluding hydrogens is 476 g/mol. The van der Waals surface area contributed by atoms with Crippen molar-refractivity contribution in [2.24, 2.45) is 5.92 Å². The SMILES string of the molecule is CCCC1C(C(F)(F)F)=CC(C(F)(C(F)(F)F)C(F)(F)C(F)(F)F)=CC1Br. The minimum atomic E-state index is -7.03. The van der Waals surface area contributed by atoms with Gasteiger partial charge in [0.2, 0.25) is 0 Å². The predicted molar refractivity (Wildman–Crippen MR) is 74.2 cm³/mol. The maximum Gasteiger partial charge on any atom is 0.457 e. The second-order valence-electron chi connectivity index (χ2n) is 5.79. The Kier molecular flexibility index (Phi) is 6.42. The third-order valence-corrected chi connectivity index (χ3v) is 4.84. The molecule has 158 valence electrons. The molecule has 0 spiro atoms. The van der Waals surface area contributed by atoms with Crippen molar-refractivity contribution in [1.29, 1.82) is 0 Å². The van der Waals surface area contributed by atoms with E-state index in [4.69, 9.17) is 0 Å². The Hall–Kier alpha value is -0.880. The van der Waals surface area contributed by atoms with E-state index in [2.05, 4.69) is 15.9 Å². The van der Waals surface area contributed by atoms with Gasteiger partial charge in [-0.15, -0.1) is 0 Å². The monoisotopic (exact) mass is 486 g/mol. The Morgan fingerprint density at radius 2 is 1.33 bits per heavy atom. The van der Waals surface area contributed by atoms with Gasteiger partial charge >= 0.3 is 30.1 Å². The minimum Gasteiger partial charge on any atom is -0.221 e. The second-order valence-corrected chi connectivity index (χ2v) is 6.84. The molecule has 3 unspecified atom stereocenters. The van der Waals surface area contributed by atoms with Crippen molar-refractivity contribution in [3.8, 4) is 0 Å². The van der Waals surface area contributed by atoms with Crippen molar-refractivity contribution >= 4 is 15.9 Å². The number of hydrogen-bond acceptors (Lipinski definition) is 0. The topological polar surface area (TPSA) is 0 Å². The second kappa shape index (κ2) is 7.18. The van der Waals surface area contributed by atoms with Crippen molar-refractivity contribution in [3.05, 3.63) is 23.3 Å². The average Bonchev–Trinajstić information content (AvgIpc) is 2.44. The van der Waals surface area contributed by atoms with E-state index >= 15 is 0 Å². The van der Waals surface area contributed by atoms with Crippen LogP contribution in [0.25, 0.3) is 0 Å². The van der Waals surface area contributed by atoms with Gasteiger partial charge in [0.05, 0.1) is 0 Å². The molecule has 1 aliphatic rings. The number of halogens is 13. The Morgan fingerprint density at radius 1 is 0.852 bits per heavy atom. The Bertz CT molecular complexity index is 609. The zero-order chi connectivity index (χ0) is 21.6. The molecule has 0 aliphatic heterocycles. The Morgan fingerprint density at radius 3 is 1.67 bits per heavy atom. The van der Waals surface area contributed by atoms with Gasteiger partial charge in [0.1, 0.15) is 0 Å². The molecule has 13 heteroatoms. The van der Waals surface area contributed by atoms with E-state index in [0.717, 1.165) is 0 Å². The van der Waals surface area contributed by atoms with Crippen LogP contribution in [0.15, 0.2) is 23.3 Å². The smallest absolute Gasteiger partial charge is 0.221 e. The fraction of sp³-hybridized carbons (Fsp3) is 0.714. The molecule has 0 nitrogen and oxygen atoms in total. The van der Waals surface area contributed by atoms with Crippen LogP contribution in [0.3, 0.4) is 0 Å². The van der Waals surface area contributed by atoms with E-state index in [9.17, 15) is 52.7 Å². The molecule has 0 amide bonds. The molecule has 0 radical (unpaired) electrons. The zero-order valence-corrected chi connectivity index (χ0v) is 14.7. The standard InChI is InChI=1S/C14H11BrF12/c1-2-3-7-8(11(17,18)19)4-6(5-9(7)15)10(16,13(22,23)24)12(20,21)14(25,26)27/h4-5,7,9H,2-3H2,1H3. The van der Waals surface area contributed by atoms with E-state index in [1.165, 1.54) is 6.92 Å². The lowest BCUT2D eigenvalue weighted by molar-refractivity contribution is -0.371. The highest BCUT2D eigenvalue weighted by Gasteiger charge is 2.82. The van der Waals surface area contributed by atoms with E-state index in [1.807, 2.05) is 0 Å². The highest BCUT2D eigenvalue weighted by Crippen LogP contribution is 2.58.